The Balaban J connectivity index is 0.00000100. The predicted molar refractivity (Wildman–Crippen MR) is 98.0 cm³/mol. The van der Waals surface area contributed by atoms with Gasteiger partial charge in [0.15, 0.2) is 0 Å². The SMILES string of the molecule is CC.O=C(O)C1CCN(Cc2ccccc2)CC1c1ccccc1. The van der Waals surface area contributed by atoms with E-state index in [1.165, 1.54) is 5.56 Å². The van der Waals surface area contributed by atoms with Crippen LogP contribution in [0, 0.1) is 5.92 Å². The molecule has 0 radical (unpaired) electrons. The Bertz CT molecular complexity index is 612. The van der Waals surface area contributed by atoms with Crippen LogP contribution in [0.2, 0.25) is 0 Å². The molecule has 1 fully saturated rings. The molecule has 0 amide bonds. The third-order valence-electron chi connectivity index (χ3n) is 4.49. The number of hydrogen-bond donors (Lipinski definition) is 1. The maximum atomic E-state index is 11.6. The summed E-state index contributed by atoms with van der Waals surface area (Å²) in [6.07, 6.45) is 0.710. The highest BCUT2D eigenvalue weighted by atomic mass is 16.4. The molecule has 1 heterocycles. The van der Waals surface area contributed by atoms with Gasteiger partial charge >= 0.3 is 5.97 Å². The van der Waals surface area contributed by atoms with Crippen LogP contribution in [-0.4, -0.2) is 29.1 Å². The summed E-state index contributed by atoms with van der Waals surface area (Å²) in [5.74, 6) is -0.890. The molecule has 0 spiro atoms. The van der Waals surface area contributed by atoms with E-state index in [-0.39, 0.29) is 11.8 Å². The number of rotatable bonds is 4. The molecule has 2 unspecified atom stereocenters. The fourth-order valence-corrected chi connectivity index (χ4v) is 3.34. The Kier molecular flexibility index (Phi) is 7.01. The second kappa shape index (κ2) is 9.24. The zero-order valence-corrected chi connectivity index (χ0v) is 14.6. The molecule has 1 N–H and O–H groups in total. The summed E-state index contributed by atoms with van der Waals surface area (Å²) < 4.78 is 0. The first-order valence-electron chi connectivity index (χ1n) is 8.78. The van der Waals surface area contributed by atoms with Crippen LogP contribution in [0.15, 0.2) is 60.7 Å². The minimum atomic E-state index is -0.673. The smallest absolute Gasteiger partial charge is 0.307 e. The van der Waals surface area contributed by atoms with Gasteiger partial charge in [-0.2, -0.15) is 0 Å². The van der Waals surface area contributed by atoms with Crippen LogP contribution in [0.5, 0.6) is 0 Å². The van der Waals surface area contributed by atoms with Crippen molar-refractivity contribution in [2.75, 3.05) is 13.1 Å². The Labute approximate surface area is 144 Å². The van der Waals surface area contributed by atoms with Gasteiger partial charge in [0, 0.05) is 19.0 Å². The van der Waals surface area contributed by atoms with Crippen molar-refractivity contribution in [3.8, 4) is 0 Å². The number of carboxylic acid groups (broad SMARTS) is 1. The third-order valence-corrected chi connectivity index (χ3v) is 4.49. The number of nitrogens with zero attached hydrogens (tertiary/aromatic N) is 1. The summed E-state index contributed by atoms with van der Waals surface area (Å²) in [4.78, 5) is 14.0. The van der Waals surface area contributed by atoms with Gasteiger partial charge in [-0.15, -0.1) is 0 Å². The number of aliphatic carboxylic acids is 1. The topological polar surface area (TPSA) is 40.5 Å². The zero-order valence-electron chi connectivity index (χ0n) is 14.6. The molecule has 3 heteroatoms. The average Bonchev–Trinajstić information content (AvgIpc) is 2.65. The molecule has 1 aliphatic heterocycles. The van der Waals surface area contributed by atoms with Gasteiger partial charge in [-0.3, -0.25) is 9.69 Å². The first kappa shape index (κ1) is 18.2. The highest BCUT2D eigenvalue weighted by molar-refractivity contribution is 5.71. The van der Waals surface area contributed by atoms with Crippen molar-refractivity contribution < 1.29 is 9.90 Å². The monoisotopic (exact) mass is 325 g/mol. The van der Waals surface area contributed by atoms with E-state index in [1.807, 2.05) is 62.4 Å². The lowest BCUT2D eigenvalue weighted by Crippen LogP contribution is -2.41. The maximum Gasteiger partial charge on any atom is 0.307 e. The molecule has 0 aliphatic carbocycles. The number of piperidine rings is 1. The fraction of sp³-hybridized carbons (Fsp3) is 0.381. The van der Waals surface area contributed by atoms with Gasteiger partial charge in [-0.05, 0) is 24.1 Å². The number of hydrogen-bond acceptors (Lipinski definition) is 2. The number of carbonyl (C=O) groups is 1. The largest absolute Gasteiger partial charge is 0.481 e. The Morgan fingerprint density at radius 3 is 2.21 bits per heavy atom. The van der Waals surface area contributed by atoms with Crippen molar-refractivity contribution in [1.82, 2.24) is 4.90 Å². The lowest BCUT2D eigenvalue weighted by atomic mass is 9.80. The molecule has 3 nitrogen and oxygen atoms in total. The fourth-order valence-electron chi connectivity index (χ4n) is 3.34. The molecule has 1 saturated heterocycles. The van der Waals surface area contributed by atoms with Crippen LogP contribution in [0.1, 0.15) is 37.3 Å². The first-order chi connectivity index (χ1) is 11.7. The second-order valence-electron chi connectivity index (χ2n) is 5.97. The van der Waals surface area contributed by atoms with Crippen molar-refractivity contribution in [3.63, 3.8) is 0 Å². The molecule has 2 aromatic rings. The summed E-state index contributed by atoms with van der Waals surface area (Å²) in [6, 6.07) is 20.4. The van der Waals surface area contributed by atoms with E-state index in [0.29, 0.717) is 6.42 Å². The summed E-state index contributed by atoms with van der Waals surface area (Å²) >= 11 is 0. The van der Waals surface area contributed by atoms with Gasteiger partial charge in [-0.1, -0.05) is 74.5 Å². The Morgan fingerprint density at radius 2 is 1.62 bits per heavy atom. The van der Waals surface area contributed by atoms with Gasteiger partial charge in [-0.25, -0.2) is 0 Å². The molecule has 3 rings (SSSR count). The van der Waals surface area contributed by atoms with Crippen LogP contribution in [0.4, 0.5) is 0 Å². The molecule has 0 bridgehead atoms. The molecule has 2 aromatic carbocycles. The van der Waals surface area contributed by atoms with Crippen LogP contribution < -0.4 is 0 Å². The minimum Gasteiger partial charge on any atom is -0.481 e. The van der Waals surface area contributed by atoms with Gasteiger partial charge in [0.05, 0.1) is 5.92 Å². The highest BCUT2D eigenvalue weighted by Gasteiger charge is 2.34. The van der Waals surface area contributed by atoms with Gasteiger partial charge < -0.3 is 5.11 Å². The summed E-state index contributed by atoms with van der Waals surface area (Å²) in [6.45, 7) is 6.53. The minimum absolute atomic E-state index is 0.0659. The van der Waals surface area contributed by atoms with Gasteiger partial charge in [0.2, 0.25) is 0 Å². The normalized spacial score (nSPS) is 20.8. The highest BCUT2D eigenvalue weighted by Crippen LogP contribution is 2.33. The van der Waals surface area contributed by atoms with Crippen LogP contribution >= 0.6 is 0 Å². The third kappa shape index (κ3) is 4.68. The number of likely N-dealkylation sites (tertiary alicyclic amines) is 1. The number of carboxylic acids is 1. The van der Waals surface area contributed by atoms with Crippen LogP contribution in [-0.2, 0) is 11.3 Å². The summed E-state index contributed by atoms with van der Waals surface area (Å²) in [5, 5.41) is 9.53. The van der Waals surface area contributed by atoms with Crippen molar-refractivity contribution >= 4 is 5.97 Å². The lowest BCUT2D eigenvalue weighted by Gasteiger charge is -2.37. The van der Waals surface area contributed by atoms with Gasteiger partial charge in [0.1, 0.15) is 0 Å². The summed E-state index contributed by atoms with van der Waals surface area (Å²) in [7, 11) is 0. The molecule has 128 valence electrons. The van der Waals surface area contributed by atoms with E-state index in [9.17, 15) is 9.90 Å². The second-order valence-corrected chi connectivity index (χ2v) is 5.97. The van der Waals surface area contributed by atoms with Crippen molar-refractivity contribution in [1.29, 1.82) is 0 Å². The maximum absolute atomic E-state index is 11.6. The molecule has 1 aliphatic rings. The summed E-state index contributed by atoms with van der Waals surface area (Å²) in [5.41, 5.74) is 2.41. The van der Waals surface area contributed by atoms with Crippen LogP contribution in [0.25, 0.3) is 0 Å². The Hall–Kier alpha value is -2.13. The molecule has 24 heavy (non-hydrogen) atoms. The molecular formula is C21H27NO2. The Morgan fingerprint density at radius 1 is 1.04 bits per heavy atom. The molecule has 0 aromatic heterocycles. The molecule has 2 atom stereocenters. The standard InChI is InChI=1S/C19H21NO2.C2H6/c21-19(22)17-11-12-20(13-15-7-3-1-4-8-15)14-18(17)16-9-5-2-6-10-16;1-2/h1-10,17-18H,11-14H2,(H,21,22);1-2H3. The molecule has 0 saturated carbocycles. The zero-order chi connectivity index (χ0) is 17.4. The van der Waals surface area contributed by atoms with Crippen molar-refractivity contribution in [2.24, 2.45) is 5.92 Å². The van der Waals surface area contributed by atoms with E-state index >= 15 is 0 Å². The van der Waals surface area contributed by atoms with Gasteiger partial charge in [0.25, 0.3) is 0 Å². The van der Waals surface area contributed by atoms with E-state index < -0.39 is 5.97 Å². The van der Waals surface area contributed by atoms with Crippen LogP contribution in [0.3, 0.4) is 0 Å². The van der Waals surface area contributed by atoms with Crippen molar-refractivity contribution in [3.05, 3.63) is 71.8 Å². The average molecular weight is 325 g/mol. The van der Waals surface area contributed by atoms with Crippen molar-refractivity contribution in [2.45, 2.75) is 32.7 Å². The van der Waals surface area contributed by atoms with E-state index in [1.54, 1.807) is 0 Å². The van der Waals surface area contributed by atoms with E-state index in [2.05, 4.69) is 17.0 Å². The lowest BCUT2D eigenvalue weighted by molar-refractivity contribution is -0.144. The van der Waals surface area contributed by atoms with E-state index in [4.69, 9.17) is 0 Å². The first-order valence-corrected chi connectivity index (χ1v) is 8.78. The number of benzene rings is 2. The quantitative estimate of drug-likeness (QED) is 0.905. The molecular weight excluding hydrogens is 298 g/mol. The predicted octanol–water partition coefficient (Wildman–Crippen LogP) is 4.40. The van der Waals surface area contributed by atoms with E-state index in [0.717, 1.165) is 25.2 Å².